The van der Waals surface area contributed by atoms with Gasteiger partial charge in [0.25, 0.3) is 0 Å². The van der Waals surface area contributed by atoms with Crippen molar-refractivity contribution in [2.45, 2.75) is 50.1 Å². The second-order valence-electron chi connectivity index (χ2n) is 4.29. The number of thioether (sulfide) groups is 2. The molecule has 1 heterocycles. The number of hydrogen-bond donors (Lipinski definition) is 0. The van der Waals surface area contributed by atoms with Gasteiger partial charge in [-0.05, 0) is 45.1 Å². The van der Waals surface area contributed by atoms with Gasteiger partial charge in [-0.3, -0.25) is 0 Å². The molecule has 1 saturated heterocycles. The highest BCUT2D eigenvalue weighted by Crippen LogP contribution is 2.34. The summed E-state index contributed by atoms with van der Waals surface area (Å²) in [5, 5.41) is 0. The molecule has 15 heavy (non-hydrogen) atoms. The van der Waals surface area contributed by atoms with E-state index in [-0.39, 0.29) is 6.10 Å². The fourth-order valence-electron chi connectivity index (χ4n) is 1.52. The van der Waals surface area contributed by atoms with Gasteiger partial charge in [0, 0.05) is 7.11 Å². The summed E-state index contributed by atoms with van der Waals surface area (Å²) in [6.07, 6.45) is 2.73. The molecule has 1 atom stereocenters. The highest BCUT2D eigenvalue weighted by Gasteiger charge is 2.24. The van der Waals surface area contributed by atoms with E-state index in [4.69, 9.17) is 9.47 Å². The zero-order chi connectivity index (χ0) is 11.3. The molecule has 2 nitrogen and oxygen atoms in total. The monoisotopic (exact) mass is 250 g/mol. The Labute approximate surface area is 102 Å². The Balaban J connectivity index is 2.25. The van der Waals surface area contributed by atoms with Gasteiger partial charge in [-0.2, -0.15) is 0 Å². The molecule has 1 unspecified atom stereocenters. The molecule has 1 fully saturated rings. The van der Waals surface area contributed by atoms with Crippen molar-refractivity contribution in [2.24, 2.45) is 0 Å². The summed E-state index contributed by atoms with van der Waals surface area (Å²) >= 11 is 4.13. The van der Waals surface area contributed by atoms with Gasteiger partial charge in [-0.1, -0.05) is 0 Å². The summed E-state index contributed by atoms with van der Waals surface area (Å²) in [7, 11) is 1.69. The lowest BCUT2D eigenvalue weighted by atomic mass is 10.3. The maximum Gasteiger partial charge on any atom is 0.162 e. The average molecular weight is 250 g/mol. The summed E-state index contributed by atoms with van der Waals surface area (Å²) in [4.78, 5) is 0. The van der Waals surface area contributed by atoms with Gasteiger partial charge in [-0.25, -0.2) is 0 Å². The van der Waals surface area contributed by atoms with Crippen LogP contribution in [0, 0.1) is 0 Å². The zero-order valence-electron chi connectivity index (χ0n) is 10.1. The van der Waals surface area contributed by atoms with Crippen molar-refractivity contribution in [3.05, 3.63) is 0 Å². The number of methoxy groups -OCH3 is 1. The van der Waals surface area contributed by atoms with Crippen molar-refractivity contribution in [3.8, 4) is 0 Å². The van der Waals surface area contributed by atoms with Crippen LogP contribution >= 0.6 is 23.5 Å². The van der Waals surface area contributed by atoms with Gasteiger partial charge in [0.2, 0.25) is 0 Å². The second-order valence-corrected chi connectivity index (χ2v) is 7.21. The van der Waals surface area contributed by atoms with Crippen LogP contribution in [0.15, 0.2) is 0 Å². The van der Waals surface area contributed by atoms with Crippen LogP contribution < -0.4 is 0 Å². The van der Waals surface area contributed by atoms with Crippen molar-refractivity contribution >= 4 is 23.5 Å². The highest BCUT2D eigenvalue weighted by atomic mass is 32.2. The molecule has 1 aliphatic rings. The summed E-state index contributed by atoms with van der Waals surface area (Å²) in [6.45, 7) is 6.06. The second kappa shape index (κ2) is 6.38. The van der Waals surface area contributed by atoms with Gasteiger partial charge >= 0.3 is 0 Å². The van der Waals surface area contributed by atoms with Crippen molar-refractivity contribution < 1.29 is 9.47 Å². The van der Waals surface area contributed by atoms with Gasteiger partial charge < -0.3 is 9.47 Å². The van der Waals surface area contributed by atoms with E-state index < -0.39 is 5.79 Å². The highest BCUT2D eigenvalue weighted by molar-refractivity contribution is 8.17. The molecule has 0 spiro atoms. The molecule has 0 bridgehead atoms. The first-order valence-corrected chi connectivity index (χ1v) is 7.59. The van der Waals surface area contributed by atoms with E-state index in [2.05, 4.69) is 30.4 Å². The van der Waals surface area contributed by atoms with Crippen molar-refractivity contribution in [3.63, 3.8) is 0 Å². The molecule has 0 saturated carbocycles. The van der Waals surface area contributed by atoms with Gasteiger partial charge in [0.1, 0.15) is 0 Å². The normalized spacial score (nSPS) is 21.6. The Morgan fingerprint density at radius 2 is 1.93 bits per heavy atom. The molecule has 0 aromatic heterocycles. The van der Waals surface area contributed by atoms with E-state index in [1.807, 2.05) is 13.8 Å². The van der Waals surface area contributed by atoms with Crippen LogP contribution in [0.5, 0.6) is 0 Å². The third-order valence-corrected chi connectivity index (χ3v) is 5.39. The minimum absolute atomic E-state index is 0.267. The van der Waals surface area contributed by atoms with Crippen LogP contribution in [0.25, 0.3) is 0 Å². The zero-order valence-corrected chi connectivity index (χ0v) is 11.7. The third kappa shape index (κ3) is 5.48. The Morgan fingerprint density at radius 1 is 1.33 bits per heavy atom. The van der Waals surface area contributed by atoms with E-state index in [0.717, 1.165) is 6.42 Å². The minimum atomic E-state index is -0.455. The van der Waals surface area contributed by atoms with E-state index in [9.17, 15) is 0 Å². The quantitative estimate of drug-likeness (QED) is 0.696. The summed E-state index contributed by atoms with van der Waals surface area (Å²) in [6, 6.07) is 0. The minimum Gasteiger partial charge on any atom is -0.354 e. The lowest BCUT2D eigenvalue weighted by molar-refractivity contribution is -0.219. The first-order chi connectivity index (χ1) is 7.03. The first-order valence-electron chi connectivity index (χ1n) is 5.49. The van der Waals surface area contributed by atoms with Gasteiger partial charge in [-0.15, -0.1) is 23.5 Å². The molecule has 1 rings (SSSR count). The maximum absolute atomic E-state index is 5.84. The van der Waals surface area contributed by atoms with Crippen LogP contribution in [0.3, 0.4) is 0 Å². The predicted molar refractivity (Wildman–Crippen MR) is 69.6 cm³/mol. The summed E-state index contributed by atoms with van der Waals surface area (Å²) < 4.78 is 11.8. The average Bonchev–Trinajstić information content (AvgIpc) is 2.18. The fourth-order valence-corrected chi connectivity index (χ4v) is 4.63. The Morgan fingerprint density at radius 3 is 2.47 bits per heavy atom. The molecule has 0 N–H and O–H groups in total. The van der Waals surface area contributed by atoms with E-state index >= 15 is 0 Å². The standard InChI is InChI=1S/C11H22O2S2/c1-9(13-11(2,3)12-4)8-10-14-6-5-7-15-10/h9-10H,5-8H2,1-4H3. The topological polar surface area (TPSA) is 18.5 Å². The largest absolute Gasteiger partial charge is 0.354 e. The van der Waals surface area contributed by atoms with E-state index in [0.29, 0.717) is 4.58 Å². The lowest BCUT2D eigenvalue weighted by Gasteiger charge is -2.30. The van der Waals surface area contributed by atoms with Crippen LogP contribution in [0.2, 0.25) is 0 Å². The fraction of sp³-hybridized carbons (Fsp3) is 1.00. The first kappa shape index (κ1) is 13.7. The smallest absolute Gasteiger partial charge is 0.162 e. The van der Waals surface area contributed by atoms with Crippen LogP contribution in [0.4, 0.5) is 0 Å². The molecule has 0 aliphatic carbocycles. The number of rotatable bonds is 5. The Bertz CT molecular complexity index is 179. The number of hydrogen-bond acceptors (Lipinski definition) is 4. The number of ether oxygens (including phenoxy) is 2. The molecule has 90 valence electrons. The van der Waals surface area contributed by atoms with E-state index in [1.54, 1.807) is 7.11 Å². The lowest BCUT2D eigenvalue weighted by Crippen LogP contribution is -2.32. The maximum atomic E-state index is 5.84. The van der Waals surface area contributed by atoms with Crippen LogP contribution in [-0.4, -0.2) is 35.1 Å². The van der Waals surface area contributed by atoms with E-state index in [1.165, 1.54) is 17.9 Å². The SMILES string of the molecule is COC(C)(C)OC(C)CC1SCCCS1. The summed E-state index contributed by atoms with van der Waals surface area (Å²) in [5.41, 5.74) is 0. The molecule has 0 aromatic carbocycles. The molecule has 4 heteroatoms. The van der Waals surface area contributed by atoms with Crippen molar-refractivity contribution in [1.29, 1.82) is 0 Å². The van der Waals surface area contributed by atoms with Crippen molar-refractivity contribution in [1.82, 2.24) is 0 Å². The molecule has 1 aliphatic heterocycles. The Hall–Kier alpha value is 0.620. The molecule has 0 aromatic rings. The van der Waals surface area contributed by atoms with Gasteiger partial charge in [0.15, 0.2) is 5.79 Å². The molecular formula is C11H22O2S2. The summed E-state index contributed by atoms with van der Waals surface area (Å²) in [5.74, 6) is 2.15. The molecule has 0 amide bonds. The third-order valence-electron chi connectivity index (χ3n) is 2.40. The Kier molecular flexibility index (Phi) is 5.82. The predicted octanol–water partition coefficient (Wildman–Crippen LogP) is 3.36. The van der Waals surface area contributed by atoms with Crippen LogP contribution in [-0.2, 0) is 9.47 Å². The van der Waals surface area contributed by atoms with Gasteiger partial charge in [0.05, 0.1) is 10.7 Å². The van der Waals surface area contributed by atoms with Crippen LogP contribution in [0.1, 0.15) is 33.6 Å². The molecule has 0 radical (unpaired) electrons. The van der Waals surface area contributed by atoms with Crippen molar-refractivity contribution in [2.75, 3.05) is 18.6 Å². The molecular weight excluding hydrogens is 228 g/mol.